The molecule has 20 heavy (non-hydrogen) atoms. The minimum atomic E-state index is 0.694. The van der Waals surface area contributed by atoms with E-state index < -0.39 is 0 Å². The summed E-state index contributed by atoms with van der Waals surface area (Å²) in [5.41, 5.74) is 0.694. The lowest BCUT2D eigenvalue weighted by Gasteiger charge is -2.48. The number of rotatable bonds is 6. The molecule has 0 atom stereocenters. The second kappa shape index (κ2) is 6.97. The summed E-state index contributed by atoms with van der Waals surface area (Å²) in [4.78, 5) is 4.08. The number of thioether (sulfide) groups is 1. The SMILES string of the molecule is c1ccc(SCCCCN2CCC3(CC2)CNC3)cc1. The van der Waals surface area contributed by atoms with Crippen LogP contribution in [0.5, 0.6) is 0 Å². The highest BCUT2D eigenvalue weighted by Crippen LogP contribution is 2.34. The highest BCUT2D eigenvalue weighted by atomic mass is 32.2. The molecule has 1 N–H and O–H groups in total. The Hall–Kier alpha value is -0.510. The van der Waals surface area contributed by atoms with Crippen molar-refractivity contribution in [3.63, 3.8) is 0 Å². The van der Waals surface area contributed by atoms with Gasteiger partial charge >= 0.3 is 0 Å². The average molecular weight is 290 g/mol. The predicted molar refractivity (Wildman–Crippen MR) is 87.4 cm³/mol. The fourth-order valence-corrected chi connectivity index (χ4v) is 4.16. The zero-order valence-corrected chi connectivity index (χ0v) is 13.1. The second-order valence-corrected chi connectivity index (χ2v) is 7.48. The third-order valence-corrected chi connectivity index (χ3v) is 5.90. The van der Waals surface area contributed by atoms with Gasteiger partial charge in [0.05, 0.1) is 0 Å². The van der Waals surface area contributed by atoms with Crippen LogP contribution >= 0.6 is 11.8 Å². The highest BCUT2D eigenvalue weighted by molar-refractivity contribution is 7.99. The van der Waals surface area contributed by atoms with E-state index in [0.717, 1.165) is 0 Å². The summed E-state index contributed by atoms with van der Waals surface area (Å²) >= 11 is 1.99. The Bertz CT molecular complexity index is 393. The molecular weight excluding hydrogens is 264 g/mol. The van der Waals surface area contributed by atoms with Crippen LogP contribution in [0.2, 0.25) is 0 Å². The first-order valence-corrected chi connectivity index (χ1v) is 8.96. The van der Waals surface area contributed by atoms with Gasteiger partial charge in [0.25, 0.3) is 0 Å². The second-order valence-electron chi connectivity index (χ2n) is 6.31. The highest BCUT2D eigenvalue weighted by Gasteiger charge is 2.39. The number of hydrogen-bond donors (Lipinski definition) is 1. The van der Waals surface area contributed by atoms with Crippen LogP contribution in [-0.2, 0) is 0 Å². The van der Waals surface area contributed by atoms with Crippen molar-refractivity contribution in [2.75, 3.05) is 38.5 Å². The molecule has 110 valence electrons. The molecule has 2 nitrogen and oxygen atoms in total. The third-order valence-electron chi connectivity index (χ3n) is 4.80. The molecule has 1 aromatic carbocycles. The molecular formula is C17H26N2S. The van der Waals surface area contributed by atoms with Crippen molar-refractivity contribution in [2.45, 2.75) is 30.6 Å². The molecule has 3 heteroatoms. The van der Waals surface area contributed by atoms with Gasteiger partial charge in [-0.1, -0.05) is 18.2 Å². The molecule has 0 bridgehead atoms. The largest absolute Gasteiger partial charge is 0.316 e. The zero-order valence-electron chi connectivity index (χ0n) is 12.3. The van der Waals surface area contributed by atoms with Crippen LogP contribution in [0.3, 0.4) is 0 Å². The van der Waals surface area contributed by atoms with Crippen molar-refractivity contribution in [1.82, 2.24) is 10.2 Å². The van der Waals surface area contributed by atoms with Crippen molar-refractivity contribution in [2.24, 2.45) is 5.41 Å². The summed E-state index contributed by atoms with van der Waals surface area (Å²) in [6, 6.07) is 10.8. The Morgan fingerprint density at radius 2 is 1.80 bits per heavy atom. The minimum absolute atomic E-state index is 0.694. The fourth-order valence-electron chi connectivity index (χ4n) is 3.23. The van der Waals surface area contributed by atoms with Crippen LogP contribution in [-0.4, -0.2) is 43.4 Å². The minimum Gasteiger partial charge on any atom is -0.316 e. The quantitative estimate of drug-likeness (QED) is 0.639. The number of nitrogens with one attached hydrogen (secondary N) is 1. The van der Waals surface area contributed by atoms with Crippen LogP contribution in [0.15, 0.2) is 35.2 Å². The van der Waals surface area contributed by atoms with Gasteiger partial charge in [0.1, 0.15) is 0 Å². The molecule has 0 amide bonds. The summed E-state index contributed by atoms with van der Waals surface area (Å²) in [6.45, 7) is 6.50. The van der Waals surface area contributed by atoms with Gasteiger partial charge in [-0.25, -0.2) is 0 Å². The number of nitrogens with zero attached hydrogens (tertiary/aromatic N) is 1. The number of piperidine rings is 1. The molecule has 0 saturated carbocycles. The molecule has 2 aliphatic rings. The summed E-state index contributed by atoms with van der Waals surface area (Å²) in [7, 11) is 0. The maximum absolute atomic E-state index is 3.44. The number of hydrogen-bond acceptors (Lipinski definition) is 3. The van der Waals surface area contributed by atoms with Gasteiger partial charge in [0, 0.05) is 18.0 Å². The molecule has 1 aromatic rings. The monoisotopic (exact) mass is 290 g/mol. The van der Waals surface area contributed by atoms with Crippen LogP contribution in [0, 0.1) is 5.41 Å². The summed E-state index contributed by atoms with van der Waals surface area (Å²) < 4.78 is 0. The van der Waals surface area contributed by atoms with Crippen molar-refractivity contribution < 1.29 is 0 Å². The Labute approximate surface area is 127 Å². The van der Waals surface area contributed by atoms with Gasteiger partial charge in [-0.3, -0.25) is 0 Å². The number of unbranched alkanes of at least 4 members (excludes halogenated alkanes) is 1. The molecule has 1 spiro atoms. The van der Waals surface area contributed by atoms with E-state index in [1.165, 1.54) is 69.1 Å². The van der Waals surface area contributed by atoms with Gasteiger partial charge < -0.3 is 10.2 Å². The topological polar surface area (TPSA) is 15.3 Å². The van der Waals surface area contributed by atoms with E-state index in [2.05, 4.69) is 40.5 Å². The maximum atomic E-state index is 3.44. The fraction of sp³-hybridized carbons (Fsp3) is 0.647. The van der Waals surface area contributed by atoms with Gasteiger partial charge in [-0.05, 0) is 68.6 Å². The lowest BCUT2D eigenvalue weighted by Crippen LogP contribution is -2.58. The van der Waals surface area contributed by atoms with E-state index in [0.29, 0.717) is 5.41 Å². The molecule has 2 saturated heterocycles. The molecule has 0 radical (unpaired) electrons. The van der Waals surface area contributed by atoms with Gasteiger partial charge in [0.15, 0.2) is 0 Å². The smallest absolute Gasteiger partial charge is 0.00719 e. The Kier molecular flexibility index (Phi) is 5.03. The van der Waals surface area contributed by atoms with E-state index in [9.17, 15) is 0 Å². The third kappa shape index (κ3) is 3.78. The Morgan fingerprint density at radius 1 is 1.05 bits per heavy atom. The molecule has 2 heterocycles. The first-order chi connectivity index (χ1) is 9.86. The standard InChI is InChI=1S/C17H26N2S/c1-2-6-16(7-3-1)20-13-5-4-10-19-11-8-17(9-12-19)14-18-15-17/h1-3,6-7,18H,4-5,8-15H2. The summed E-state index contributed by atoms with van der Waals surface area (Å²) in [5.74, 6) is 1.26. The number of benzene rings is 1. The van der Waals surface area contributed by atoms with Crippen LogP contribution in [0.1, 0.15) is 25.7 Å². The normalized spacial score (nSPS) is 21.8. The van der Waals surface area contributed by atoms with E-state index in [4.69, 9.17) is 0 Å². The van der Waals surface area contributed by atoms with Gasteiger partial charge in [0.2, 0.25) is 0 Å². The molecule has 3 rings (SSSR count). The van der Waals surface area contributed by atoms with E-state index >= 15 is 0 Å². The molecule has 2 fully saturated rings. The zero-order chi connectivity index (χ0) is 13.7. The first kappa shape index (κ1) is 14.4. The van der Waals surface area contributed by atoms with E-state index in [1.54, 1.807) is 0 Å². The predicted octanol–water partition coefficient (Wildman–Crippen LogP) is 3.24. The molecule has 0 unspecified atom stereocenters. The van der Waals surface area contributed by atoms with Crippen LogP contribution < -0.4 is 5.32 Å². The average Bonchev–Trinajstić information content (AvgIpc) is 2.47. The molecule has 2 aliphatic heterocycles. The Balaban J connectivity index is 1.25. The van der Waals surface area contributed by atoms with Gasteiger partial charge in [-0.15, -0.1) is 11.8 Å². The first-order valence-electron chi connectivity index (χ1n) is 7.97. The Morgan fingerprint density at radius 3 is 2.45 bits per heavy atom. The van der Waals surface area contributed by atoms with Crippen molar-refractivity contribution >= 4 is 11.8 Å². The van der Waals surface area contributed by atoms with Crippen LogP contribution in [0.25, 0.3) is 0 Å². The van der Waals surface area contributed by atoms with Crippen molar-refractivity contribution in [1.29, 1.82) is 0 Å². The molecule has 0 aliphatic carbocycles. The van der Waals surface area contributed by atoms with E-state index in [-0.39, 0.29) is 0 Å². The summed E-state index contributed by atoms with van der Waals surface area (Å²) in [5, 5.41) is 3.44. The van der Waals surface area contributed by atoms with E-state index in [1.807, 2.05) is 11.8 Å². The van der Waals surface area contributed by atoms with Crippen molar-refractivity contribution in [3.05, 3.63) is 30.3 Å². The van der Waals surface area contributed by atoms with Gasteiger partial charge in [-0.2, -0.15) is 0 Å². The lowest BCUT2D eigenvalue weighted by atomic mass is 9.73. The summed E-state index contributed by atoms with van der Waals surface area (Å²) in [6.07, 6.45) is 5.52. The lowest BCUT2D eigenvalue weighted by molar-refractivity contribution is 0.0549. The van der Waals surface area contributed by atoms with Crippen molar-refractivity contribution in [3.8, 4) is 0 Å². The van der Waals surface area contributed by atoms with Crippen LogP contribution in [0.4, 0.5) is 0 Å². The molecule has 0 aromatic heterocycles. The maximum Gasteiger partial charge on any atom is 0.00719 e. The number of likely N-dealkylation sites (tertiary alicyclic amines) is 1.